The topological polar surface area (TPSA) is 139 Å². The van der Waals surface area contributed by atoms with Gasteiger partial charge in [-0.3, -0.25) is 4.79 Å². The van der Waals surface area contributed by atoms with E-state index in [-0.39, 0.29) is 64.8 Å². The molecule has 1 aliphatic heterocycles. The molecule has 1 unspecified atom stereocenters. The number of hydrogen-bond donors (Lipinski definition) is 5. The summed E-state index contributed by atoms with van der Waals surface area (Å²) in [7, 11) is -4.64. The molecule has 1 fully saturated rings. The van der Waals surface area contributed by atoms with Crippen molar-refractivity contribution in [1.82, 2.24) is 0 Å². The Labute approximate surface area is 228 Å². The van der Waals surface area contributed by atoms with Crippen molar-refractivity contribution in [2.24, 2.45) is 5.92 Å². The zero-order valence-corrected chi connectivity index (χ0v) is 19.2. The second-order valence-corrected chi connectivity index (χ2v) is 9.01. The predicted molar refractivity (Wildman–Crippen MR) is 130 cm³/mol. The fourth-order valence-corrected chi connectivity index (χ4v) is 3.96. The number of aliphatic hydroxyl groups excluding tert-OH is 1. The minimum absolute atomic E-state index is 0. The molecule has 3 atom stereocenters. The Kier molecular flexibility index (Phi) is 10.8. The first kappa shape index (κ1) is 30.1. The average Bonchev–Trinajstić information content (AvgIpc) is 2.79. The van der Waals surface area contributed by atoms with Crippen LogP contribution in [0.3, 0.4) is 0 Å². The van der Waals surface area contributed by atoms with E-state index in [0.29, 0.717) is 24.1 Å². The Hall–Kier alpha value is -2.14. The maximum atomic E-state index is 13.3. The van der Waals surface area contributed by atoms with Crippen molar-refractivity contribution in [2.45, 2.75) is 25.0 Å². The van der Waals surface area contributed by atoms with Gasteiger partial charge in [-0.1, -0.05) is 24.3 Å². The number of halogens is 2. The van der Waals surface area contributed by atoms with Crippen LogP contribution in [0.2, 0.25) is 0 Å². The van der Waals surface area contributed by atoms with E-state index in [9.17, 15) is 23.8 Å². The van der Waals surface area contributed by atoms with Crippen LogP contribution in [-0.4, -0.2) is 60.4 Å². The second kappa shape index (κ2) is 12.9. The summed E-state index contributed by atoms with van der Waals surface area (Å²) < 4.78 is 35.3. The van der Waals surface area contributed by atoms with Gasteiger partial charge in [0.2, 0.25) is 5.91 Å². The number of benzene rings is 3. The fourth-order valence-electron chi connectivity index (χ4n) is 3.96. The summed E-state index contributed by atoms with van der Waals surface area (Å²) in [5.74, 6) is -1.10. The van der Waals surface area contributed by atoms with Crippen LogP contribution in [0.1, 0.15) is 36.1 Å². The van der Waals surface area contributed by atoms with Gasteiger partial charge in [-0.25, -0.2) is 13.3 Å². The van der Waals surface area contributed by atoms with E-state index in [2.05, 4.69) is 0 Å². The standard InChI is InChI=1S/C24H21F2NO3.Na.H3O4P.H/c25-17-5-1-15(2-6-17)22(29)14-13-21-23(16-3-11-20(28)12-4-16)27(24(21)30)19-9-7-18(26)8-10-19;;1-5(2,3)4;/h1-12,21-23,28-29H,13-14H2;;(H3,1,2,3,4);/t21-,22?,23-;;;/m1.../s1. The maximum absolute atomic E-state index is 13.3. The predicted octanol–water partition coefficient (Wildman–Crippen LogP) is 3.31. The second-order valence-electron chi connectivity index (χ2n) is 7.99. The monoisotopic (exact) mass is 531 g/mol. The van der Waals surface area contributed by atoms with Crippen LogP contribution in [0, 0.1) is 17.6 Å². The van der Waals surface area contributed by atoms with Gasteiger partial charge in [0.1, 0.15) is 17.4 Å². The molecule has 0 aliphatic carbocycles. The Morgan fingerprint density at radius 3 is 1.83 bits per heavy atom. The number of phenols is 1. The van der Waals surface area contributed by atoms with Crippen LogP contribution < -0.4 is 4.90 Å². The fraction of sp³-hybridized carbons (Fsp3) is 0.208. The Morgan fingerprint density at radius 1 is 0.861 bits per heavy atom. The number of hydrogen-bond acceptors (Lipinski definition) is 4. The van der Waals surface area contributed by atoms with E-state index in [1.54, 1.807) is 41.3 Å². The first-order chi connectivity index (χ1) is 16.4. The van der Waals surface area contributed by atoms with Crippen LogP contribution >= 0.6 is 7.82 Å². The molecular weight excluding hydrogens is 506 g/mol. The van der Waals surface area contributed by atoms with Crippen molar-refractivity contribution in [3.63, 3.8) is 0 Å². The third-order valence-electron chi connectivity index (χ3n) is 5.56. The van der Waals surface area contributed by atoms with E-state index in [1.165, 1.54) is 36.4 Å². The van der Waals surface area contributed by atoms with Crippen LogP contribution in [0.25, 0.3) is 0 Å². The SMILES string of the molecule is O=C1[C@H](CCC(O)c2ccc(F)cc2)[C@@H](c2ccc(O)cc2)N1c1ccc(F)cc1.O=P(O)(O)O.[NaH]. The third-order valence-corrected chi connectivity index (χ3v) is 5.56. The normalized spacial score (nSPS) is 17.8. The van der Waals surface area contributed by atoms with Gasteiger partial charge in [-0.2, -0.15) is 0 Å². The van der Waals surface area contributed by atoms with Gasteiger partial charge >= 0.3 is 37.4 Å². The molecule has 0 spiro atoms. The van der Waals surface area contributed by atoms with Gasteiger partial charge < -0.3 is 29.8 Å². The van der Waals surface area contributed by atoms with Crippen molar-refractivity contribution in [1.29, 1.82) is 0 Å². The number of β-lactam (4-membered cyclic amide) rings is 1. The van der Waals surface area contributed by atoms with E-state index in [1.807, 2.05) is 0 Å². The first-order valence-electron chi connectivity index (χ1n) is 10.5. The first-order valence-corrected chi connectivity index (χ1v) is 12.1. The zero-order valence-electron chi connectivity index (χ0n) is 18.3. The van der Waals surface area contributed by atoms with E-state index < -0.39 is 13.9 Å². The van der Waals surface area contributed by atoms with Gasteiger partial charge in [0.15, 0.2) is 0 Å². The number of carbonyl (C=O) groups is 1. The number of rotatable bonds is 6. The summed E-state index contributed by atoms with van der Waals surface area (Å²) in [5.41, 5.74) is 2.03. The molecule has 0 bridgehead atoms. The molecule has 0 radical (unpaired) electrons. The van der Waals surface area contributed by atoms with Crippen LogP contribution in [-0.2, 0) is 9.36 Å². The Morgan fingerprint density at radius 2 is 1.33 bits per heavy atom. The van der Waals surface area contributed by atoms with Crippen LogP contribution in [0.4, 0.5) is 14.5 Å². The number of aromatic hydroxyl groups is 1. The van der Waals surface area contributed by atoms with Gasteiger partial charge in [-0.05, 0) is 72.5 Å². The molecular formula is C24H25F2NNaO7P. The van der Waals surface area contributed by atoms with Crippen molar-refractivity contribution < 1.29 is 43.0 Å². The van der Waals surface area contributed by atoms with Crippen molar-refractivity contribution >= 4 is 49.0 Å². The van der Waals surface area contributed by atoms with Gasteiger partial charge in [0, 0.05) is 5.69 Å². The molecule has 3 aromatic carbocycles. The third kappa shape index (κ3) is 8.19. The Bertz CT molecular complexity index is 1180. The van der Waals surface area contributed by atoms with Crippen LogP contribution in [0.15, 0.2) is 72.8 Å². The summed E-state index contributed by atoms with van der Waals surface area (Å²) in [6.45, 7) is 0. The molecule has 5 N–H and O–H groups in total. The molecule has 36 heavy (non-hydrogen) atoms. The zero-order chi connectivity index (χ0) is 25.8. The summed E-state index contributed by atoms with van der Waals surface area (Å²) in [6.07, 6.45) is -0.0344. The summed E-state index contributed by atoms with van der Waals surface area (Å²) in [5, 5.41) is 20.1. The molecule has 188 valence electrons. The molecule has 4 rings (SSSR count). The molecule has 1 saturated heterocycles. The number of amides is 1. The summed E-state index contributed by atoms with van der Waals surface area (Å²) >= 11 is 0. The molecule has 0 aromatic heterocycles. The van der Waals surface area contributed by atoms with E-state index in [4.69, 9.17) is 19.2 Å². The average molecular weight is 531 g/mol. The molecule has 12 heteroatoms. The molecule has 8 nitrogen and oxygen atoms in total. The number of nitrogens with zero attached hydrogens (tertiary/aromatic N) is 1. The van der Waals surface area contributed by atoms with Gasteiger partial charge in [-0.15, -0.1) is 0 Å². The molecule has 1 aliphatic rings. The van der Waals surface area contributed by atoms with Crippen molar-refractivity contribution in [3.05, 3.63) is 95.6 Å². The van der Waals surface area contributed by atoms with Crippen molar-refractivity contribution in [3.8, 4) is 5.75 Å². The molecule has 3 aromatic rings. The number of carbonyl (C=O) groups excluding carboxylic acids is 1. The number of phosphoric acid groups is 1. The molecule has 0 saturated carbocycles. The van der Waals surface area contributed by atoms with Crippen LogP contribution in [0.5, 0.6) is 5.75 Å². The molecule has 1 amide bonds. The Balaban J connectivity index is 0.000000694. The van der Waals surface area contributed by atoms with Crippen molar-refractivity contribution in [2.75, 3.05) is 4.90 Å². The molecule has 1 heterocycles. The number of anilines is 1. The van der Waals surface area contributed by atoms with E-state index >= 15 is 0 Å². The number of aliphatic hydroxyl groups is 1. The minimum atomic E-state index is -4.64. The summed E-state index contributed by atoms with van der Waals surface area (Å²) in [4.78, 5) is 36.1. The summed E-state index contributed by atoms with van der Waals surface area (Å²) in [6, 6.07) is 17.7. The van der Waals surface area contributed by atoms with Gasteiger partial charge in [0.25, 0.3) is 0 Å². The quantitative estimate of drug-likeness (QED) is 0.187. The number of phenolic OH excluding ortho intramolecular Hbond substituents is 1. The van der Waals surface area contributed by atoms with E-state index in [0.717, 1.165) is 5.56 Å². The van der Waals surface area contributed by atoms with Gasteiger partial charge in [0.05, 0.1) is 18.1 Å².